The summed E-state index contributed by atoms with van der Waals surface area (Å²) in [5.74, 6) is -2.79. The molecule has 0 radical (unpaired) electrons. The van der Waals surface area contributed by atoms with E-state index in [9.17, 15) is 14.4 Å². The van der Waals surface area contributed by atoms with Gasteiger partial charge in [0.25, 0.3) is 0 Å². The van der Waals surface area contributed by atoms with E-state index in [-0.39, 0.29) is 6.42 Å². The first kappa shape index (κ1) is 16.3. The molecule has 0 bridgehead atoms. The van der Waals surface area contributed by atoms with Crippen LogP contribution >= 0.6 is 23.2 Å². The molecule has 0 saturated heterocycles. The minimum atomic E-state index is -1.37. The summed E-state index contributed by atoms with van der Waals surface area (Å²) in [6.07, 6.45) is -0.682. The number of aliphatic carboxylic acids is 1. The summed E-state index contributed by atoms with van der Waals surface area (Å²) >= 11 is 11.8. The molecule has 1 aromatic carbocycles. The summed E-state index contributed by atoms with van der Waals surface area (Å²) in [4.78, 5) is 33.4. The van der Waals surface area contributed by atoms with Crippen molar-refractivity contribution in [3.05, 3.63) is 33.8 Å². The molecule has 0 aliphatic carbocycles. The van der Waals surface area contributed by atoms with Crippen molar-refractivity contribution >= 4 is 41.0 Å². The Kier molecular flexibility index (Phi) is 5.79. The van der Waals surface area contributed by atoms with Crippen molar-refractivity contribution < 1.29 is 19.5 Å². The van der Waals surface area contributed by atoms with Gasteiger partial charge in [0.15, 0.2) is 0 Å². The summed E-state index contributed by atoms with van der Waals surface area (Å²) in [5, 5.41) is 11.7. The lowest BCUT2D eigenvalue weighted by molar-refractivity contribution is -0.143. The van der Waals surface area contributed by atoms with Crippen LogP contribution in [0.15, 0.2) is 18.2 Å². The molecule has 0 heterocycles. The number of rotatable bonds is 6. The van der Waals surface area contributed by atoms with Gasteiger partial charge < -0.3 is 16.2 Å². The fraction of sp³-hybridized carbons (Fsp3) is 0.250. The molecule has 8 heteroatoms. The lowest BCUT2D eigenvalue weighted by Crippen LogP contribution is -2.43. The van der Waals surface area contributed by atoms with Crippen molar-refractivity contribution in [1.82, 2.24) is 5.32 Å². The number of carboxylic acid groups (broad SMARTS) is 1. The summed E-state index contributed by atoms with van der Waals surface area (Å²) < 4.78 is 0. The Morgan fingerprint density at radius 2 is 1.80 bits per heavy atom. The number of amides is 2. The van der Waals surface area contributed by atoms with E-state index >= 15 is 0 Å². The van der Waals surface area contributed by atoms with Gasteiger partial charge in [-0.25, -0.2) is 4.79 Å². The van der Waals surface area contributed by atoms with Crippen LogP contribution in [0.1, 0.15) is 12.0 Å². The number of benzene rings is 1. The van der Waals surface area contributed by atoms with Crippen molar-refractivity contribution in [2.45, 2.75) is 18.9 Å². The molecule has 0 aliphatic heterocycles. The number of halogens is 2. The zero-order chi connectivity index (χ0) is 15.3. The van der Waals surface area contributed by atoms with E-state index in [4.69, 9.17) is 34.0 Å². The van der Waals surface area contributed by atoms with Gasteiger partial charge in [-0.3, -0.25) is 9.59 Å². The van der Waals surface area contributed by atoms with Crippen molar-refractivity contribution in [3.8, 4) is 0 Å². The highest BCUT2D eigenvalue weighted by molar-refractivity contribution is 6.36. The zero-order valence-corrected chi connectivity index (χ0v) is 11.7. The van der Waals surface area contributed by atoms with Crippen LogP contribution in [0.2, 0.25) is 10.0 Å². The van der Waals surface area contributed by atoms with Gasteiger partial charge in [-0.15, -0.1) is 0 Å². The maximum atomic E-state index is 11.8. The average Bonchev–Trinajstić information content (AvgIpc) is 2.32. The minimum absolute atomic E-state index is 0.193. The standard InChI is InChI=1S/C12H12Cl2N2O4/c13-7-2-1-3-8(14)6(7)4-11(18)16-9(12(19)20)5-10(15)17/h1-3,9H,4-5H2,(H2,15,17)(H,16,18)(H,19,20)/t9-/m1/s1. The molecule has 0 saturated carbocycles. The van der Waals surface area contributed by atoms with E-state index < -0.39 is 30.2 Å². The summed E-state index contributed by atoms with van der Waals surface area (Å²) in [6, 6.07) is 3.38. The largest absolute Gasteiger partial charge is 0.480 e. The second-order valence-electron chi connectivity index (χ2n) is 4.01. The predicted molar refractivity (Wildman–Crippen MR) is 73.5 cm³/mol. The van der Waals surface area contributed by atoms with Crippen molar-refractivity contribution in [3.63, 3.8) is 0 Å². The van der Waals surface area contributed by atoms with Crippen molar-refractivity contribution in [1.29, 1.82) is 0 Å². The molecular formula is C12H12Cl2N2O4. The average molecular weight is 319 g/mol. The molecule has 2 amide bonds. The molecule has 6 nitrogen and oxygen atoms in total. The van der Waals surface area contributed by atoms with E-state index in [1.54, 1.807) is 18.2 Å². The van der Waals surface area contributed by atoms with Gasteiger partial charge in [-0.2, -0.15) is 0 Å². The maximum absolute atomic E-state index is 11.8. The van der Waals surface area contributed by atoms with Gasteiger partial charge in [0, 0.05) is 10.0 Å². The van der Waals surface area contributed by atoms with Gasteiger partial charge in [-0.1, -0.05) is 29.3 Å². The Bertz CT molecular complexity index is 528. The van der Waals surface area contributed by atoms with Crippen molar-refractivity contribution in [2.75, 3.05) is 0 Å². The Labute approximate surface area is 124 Å². The summed E-state index contributed by atoms with van der Waals surface area (Å²) in [5.41, 5.74) is 5.30. The zero-order valence-electron chi connectivity index (χ0n) is 10.2. The highest BCUT2D eigenvalue weighted by Crippen LogP contribution is 2.24. The quantitative estimate of drug-likeness (QED) is 0.726. The van der Waals surface area contributed by atoms with E-state index in [1.807, 2.05) is 0 Å². The molecule has 0 fully saturated rings. The van der Waals surface area contributed by atoms with E-state index in [0.717, 1.165) is 0 Å². The molecule has 0 spiro atoms. The molecule has 108 valence electrons. The number of hydrogen-bond donors (Lipinski definition) is 3. The fourth-order valence-corrected chi connectivity index (χ4v) is 2.04. The third kappa shape index (κ3) is 4.71. The topological polar surface area (TPSA) is 109 Å². The highest BCUT2D eigenvalue weighted by atomic mass is 35.5. The first-order valence-electron chi connectivity index (χ1n) is 5.54. The van der Waals surface area contributed by atoms with Crippen LogP contribution in [0.5, 0.6) is 0 Å². The Morgan fingerprint density at radius 1 is 1.25 bits per heavy atom. The van der Waals surface area contributed by atoms with Crippen LogP contribution in [0.25, 0.3) is 0 Å². The third-order valence-electron chi connectivity index (χ3n) is 2.44. The predicted octanol–water partition coefficient (Wildman–Crippen LogP) is 0.981. The van der Waals surface area contributed by atoms with Crippen LogP contribution in [-0.4, -0.2) is 28.9 Å². The molecule has 0 aromatic heterocycles. The number of carbonyl (C=O) groups is 3. The molecular weight excluding hydrogens is 307 g/mol. The number of hydrogen-bond acceptors (Lipinski definition) is 3. The lowest BCUT2D eigenvalue weighted by atomic mass is 10.1. The second kappa shape index (κ2) is 7.12. The van der Waals surface area contributed by atoms with E-state index in [1.165, 1.54) is 0 Å². The van der Waals surface area contributed by atoms with Gasteiger partial charge in [0.1, 0.15) is 6.04 Å². The smallest absolute Gasteiger partial charge is 0.326 e. The molecule has 4 N–H and O–H groups in total. The Morgan fingerprint density at radius 3 is 2.25 bits per heavy atom. The normalized spacial score (nSPS) is 11.7. The summed E-state index contributed by atoms with van der Waals surface area (Å²) in [7, 11) is 0. The van der Waals surface area contributed by atoms with E-state index in [0.29, 0.717) is 15.6 Å². The monoisotopic (exact) mass is 318 g/mol. The van der Waals surface area contributed by atoms with Gasteiger partial charge in [-0.05, 0) is 17.7 Å². The van der Waals surface area contributed by atoms with Crippen LogP contribution in [0.3, 0.4) is 0 Å². The number of primary amides is 1. The van der Waals surface area contributed by atoms with Gasteiger partial charge in [0.2, 0.25) is 11.8 Å². The summed E-state index contributed by atoms with van der Waals surface area (Å²) in [6.45, 7) is 0. The molecule has 1 rings (SSSR count). The van der Waals surface area contributed by atoms with Crippen molar-refractivity contribution in [2.24, 2.45) is 5.73 Å². The number of carboxylic acids is 1. The maximum Gasteiger partial charge on any atom is 0.326 e. The molecule has 0 unspecified atom stereocenters. The Balaban J connectivity index is 2.76. The van der Waals surface area contributed by atoms with Gasteiger partial charge >= 0.3 is 5.97 Å². The second-order valence-corrected chi connectivity index (χ2v) is 4.82. The van der Waals surface area contributed by atoms with E-state index in [2.05, 4.69) is 5.32 Å². The Hall–Kier alpha value is -1.79. The van der Waals surface area contributed by atoms with Crippen LogP contribution in [0.4, 0.5) is 0 Å². The minimum Gasteiger partial charge on any atom is -0.480 e. The van der Waals surface area contributed by atoms with Crippen LogP contribution in [0, 0.1) is 0 Å². The van der Waals surface area contributed by atoms with Gasteiger partial charge in [0.05, 0.1) is 12.8 Å². The van der Waals surface area contributed by atoms with Crippen LogP contribution in [-0.2, 0) is 20.8 Å². The first-order valence-corrected chi connectivity index (χ1v) is 6.30. The molecule has 20 heavy (non-hydrogen) atoms. The number of nitrogens with one attached hydrogen (secondary N) is 1. The molecule has 1 aromatic rings. The third-order valence-corrected chi connectivity index (χ3v) is 3.15. The molecule has 1 atom stereocenters. The number of nitrogens with two attached hydrogens (primary N) is 1. The first-order chi connectivity index (χ1) is 9.31. The number of carbonyl (C=O) groups excluding carboxylic acids is 2. The fourth-order valence-electron chi connectivity index (χ4n) is 1.51. The highest BCUT2D eigenvalue weighted by Gasteiger charge is 2.22. The SMILES string of the molecule is NC(=O)C[C@@H](NC(=O)Cc1c(Cl)cccc1Cl)C(=O)O. The molecule has 0 aliphatic rings. The lowest BCUT2D eigenvalue weighted by Gasteiger charge is -2.13. The van der Waals surface area contributed by atoms with Crippen LogP contribution < -0.4 is 11.1 Å².